The van der Waals surface area contributed by atoms with Gasteiger partial charge < -0.3 is 0 Å². The Balaban J connectivity index is 2.89. The van der Waals surface area contributed by atoms with E-state index in [-0.39, 0.29) is 0 Å². The Morgan fingerprint density at radius 1 is 1.64 bits per heavy atom. The fraction of sp³-hybridized carbons (Fsp3) is 0.429. The molecule has 0 saturated heterocycles. The average Bonchev–Trinajstić information content (AvgIpc) is 1.86. The first-order valence-corrected chi connectivity index (χ1v) is 5.18. The third-order valence-corrected chi connectivity index (χ3v) is 2.97. The van der Waals surface area contributed by atoms with Crippen LogP contribution in [0.25, 0.3) is 0 Å². The zero-order valence-corrected chi connectivity index (χ0v) is 6.94. The summed E-state index contributed by atoms with van der Waals surface area (Å²) in [4.78, 5) is 0. The van der Waals surface area contributed by atoms with E-state index < -0.39 is 20.9 Å². The predicted molar refractivity (Wildman–Crippen MR) is 41.6 cm³/mol. The van der Waals surface area contributed by atoms with Gasteiger partial charge in [-0.3, -0.25) is 0 Å². The molecule has 0 aromatic carbocycles. The predicted octanol–water partition coefficient (Wildman–Crippen LogP) is 1.21. The van der Waals surface area contributed by atoms with Gasteiger partial charge >= 0.3 is 0 Å². The Morgan fingerprint density at radius 2 is 2.27 bits per heavy atom. The second-order valence-corrected chi connectivity index (χ2v) is 4.82. The SMILES string of the molecule is CS(=O)(=O)C1C=C(F)C=CC1. The molecule has 62 valence electrons. The molecule has 11 heavy (non-hydrogen) atoms. The molecule has 4 heteroatoms. The third kappa shape index (κ3) is 2.15. The molecule has 0 heterocycles. The lowest BCUT2D eigenvalue weighted by molar-refractivity contribution is 0.589. The summed E-state index contributed by atoms with van der Waals surface area (Å²) in [7, 11) is -3.13. The summed E-state index contributed by atoms with van der Waals surface area (Å²) >= 11 is 0. The molecule has 0 fully saturated rings. The molecule has 0 spiro atoms. The molecule has 2 nitrogen and oxygen atoms in total. The first-order chi connectivity index (χ1) is 5.00. The standard InChI is InChI=1S/C7H9FO2S/c1-11(9,10)7-4-2-3-6(8)5-7/h2-3,5,7H,4H2,1H3. The van der Waals surface area contributed by atoms with E-state index in [0.29, 0.717) is 6.42 Å². The minimum atomic E-state index is -3.13. The van der Waals surface area contributed by atoms with Crippen LogP contribution in [0.2, 0.25) is 0 Å². The topological polar surface area (TPSA) is 34.1 Å². The molecule has 0 radical (unpaired) electrons. The average molecular weight is 176 g/mol. The zero-order valence-electron chi connectivity index (χ0n) is 6.12. The Morgan fingerprint density at radius 3 is 2.64 bits per heavy atom. The van der Waals surface area contributed by atoms with Gasteiger partial charge in [0.2, 0.25) is 0 Å². The summed E-state index contributed by atoms with van der Waals surface area (Å²) < 4.78 is 34.2. The maximum Gasteiger partial charge on any atom is 0.154 e. The molecule has 0 amide bonds. The lowest BCUT2D eigenvalue weighted by Gasteiger charge is -2.10. The highest BCUT2D eigenvalue weighted by Crippen LogP contribution is 2.16. The Bertz CT molecular complexity index is 300. The number of hydrogen-bond acceptors (Lipinski definition) is 2. The van der Waals surface area contributed by atoms with E-state index >= 15 is 0 Å². The van der Waals surface area contributed by atoms with Crippen molar-refractivity contribution in [2.24, 2.45) is 0 Å². The highest BCUT2D eigenvalue weighted by atomic mass is 32.2. The maximum absolute atomic E-state index is 12.5. The van der Waals surface area contributed by atoms with Gasteiger partial charge in [0.25, 0.3) is 0 Å². The molecule has 0 aromatic heterocycles. The van der Waals surface area contributed by atoms with Crippen molar-refractivity contribution in [3.8, 4) is 0 Å². The molecule has 0 aliphatic heterocycles. The van der Waals surface area contributed by atoms with Crippen LogP contribution >= 0.6 is 0 Å². The van der Waals surface area contributed by atoms with Crippen LogP contribution in [0.4, 0.5) is 4.39 Å². The number of hydrogen-bond donors (Lipinski definition) is 0. The maximum atomic E-state index is 12.5. The van der Waals surface area contributed by atoms with Crippen molar-refractivity contribution >= 4 is 9.84 Å². The van der Waals surface area contributed by atoms with Crippen molar-refractivity contribution in [1.29, 1.82) is 0 Å². The first-order valence-electron chi connectivity index (χ1n) is 3.23. The molecule has 1 atom stereocenters. The van der Waals surface area contributed by atoms with Gasteiger partial charge in [0.05, 0.1) is 5.25 Å². The van der Waals surface area contributed by atoms with Crippen molar-refractivity contribution in [1.82, 2.24) is 0 Å². The number of allylic oxidation sites excluding steroid dienone is 3. The van der Waals surface area contributed by atoms with Gasteiger partial charge in [0.15, 0.2) is 9.84 Å². The highest BCUT2D eigenvalue weighted by Gasteiger charge is 2.19. The smallest absolute Gasteiger partial charge is 0.154 e. The van der Waals surface area contributed by atoms with Gasteiger partial charge in [0.1, 0.15) is 5.83 Å². The van der Waals surface area contributed by atoms with Crippen LogP contribution in [0.3, 0.4) is 0 Å². The molecule has 1 aliphatic carbocycles. The molecule has 0 saturated carbocycles. The molecule has 0 aromatic rings. The van der Waals surface area contributed by atoms with Crippen molar-refractivity contribution in [3.05, 3.63) is 24.1 Å². The van der Waals surface area contributed by atoms with E-state index in [1.807, 2.05) is 0 Å². The lowest BCUT2D eigenvalue weighted by Crippen LogP contribution is -2.18. The van der Waals surface area contributed by atoms with Gasteiger partial charge in [-0.15, -0.1) is 0 Å². The van der Waals surface area contributed by atoms with Crippen LogP contribution in [0.1, 0.15) is 6.42 Å². The summed E-state index contributed by atoms with van der Waals surface area (Å²) in [5, 5.41) is -0.674. The van der Waals surface area contributed by atoms with Crippen molar-refractivity contribution in [2.45, 2.75) is 11.7 Å². The normalized spacial score (nSPS) is 24.9. The second kappa shape index (κ2) is 2.77. The minimum absolute atomic E-state index is 0.381. The summed E-state index contributed by atoms with van der Waals surface area (Å²) in [5.41, 5.74) is 0. The molecular weight excluding hydrogens is 167 g/mol. The number of rotatable bonds is 1. The Hall–Kier alpha value is -0.640. The Kier molecular flexibility index (Phi) is 2.13. The molecule has 1 unspecified atom stereocenters. The van der Waals surface area contributed by atoms with E-state index in [2.05, 4.69) is 0 Å². The van der Waals surface area contributed by atoms with Crippen LogP contribution in [0.15, 0.2) is 24.1 Å². The molecule has 1 aliphatic rings. The molecule has 1 rings (SSSR count). The third-order valence-electron chi connectivity index (χ3n) is 1.54. The van der Waals surface area contributed by atoms with Gasteiger partial charge in [-0.25, -0.2) is 12.8 Å². The first kappa shape index (κ1) is 8.46. The van der Waals surface area contributed by atoms with E-state index in [9.17, 15) is 12.8 Å². The number of sulfone groups is 1. The molecule has 0 N–H and O–H groups in total. The van der Waals surface area contributed by atoms with E-state index in [1.54, 1.807) is 0 Å². The summed E-state index contributed by atoms with van der Waals surface area (Å²) in [6.45, 7) is 0. The van der Waals surface area contributed by atoms with E-state index in [0.717, 1.165) is 12.3 Å². The van der Waals surface area contributed by atoms with Crippen LogP contribution in [-0.2, 0) is 9.84 Å². The zero-order chi connectivity index (χ0) is 8.48. The van der Waals surface area contributed by atoms with Crippen LogP contribution in [0.5, 0.6) is 0 Å². The lowest BCUT2D eigenvalue weighted by atomic mass is 10.2. The molecule has 0 bridgehead atoms. The van der Waals surface area contributed by atoms with Crippen molar-refractivity contribution < 1.29 is 12.8 Å². The van der Waals surface area contributed by atoms with Gasteiger partial charge in [-0.2, -0.15) is 0 Å². The number of halogens is 1. The minimum Gasteiger partial charge on any atom is -0.229 e. The van der Waals surface area contributed by atoms with Gasteiger partial charge in [-0.05, 0) is 18.6 Å². The summed E-state index contributed by atoms with van der Waals surface area (Å²) in [5.74, 6) is -0.466. The van der Waals surface area contributed by atoms with Crippen molar-refractivity contribution in [2.75, 3.05) is 6.26 Å². The highest BCUT2D eigenvalue weighted by molar-refractivity contribution is 7.91. The second-order valence-electron chi connectivity index (χ2n) is 2.56. The van der Waals surface area contributed by atoms with Crippen LogP contribution < -0.4 is 0 Å². The quantitative estimate of drug-likeness (QED) is 0.602. The van der Waals surface area contributed by atoms with E-state index in [4.69, 9.17) is 0 Å². The van der Waals surface area contributed by atoms with Crippen LogP contribution in [0, 0.1) is 0 Å². The van der Waals surface area contributed by atoms with Gasteiger partial charge in [-0.1, -0.05) is 6.08 Å². The fourth-order valence-electron chi connectivity index (χ4n) is 0.914. The summed E-state index contributed by atoms with van der Waals surface area (Å²) in [6, 6.07) is 0. The van der Waals surface area contributed by atoms with Crippen LogP contribution in [-0.4, -0.2) is 19.9 Å². The Labute approximate surface area is 65.3 Å². The van der Waals surface area contributed by atoms with E-state index in [1.165, 1.54) is 12.2 Å². The van der Waals surface area contributed by atoms with Crippen molar-refractivity contribution in [3.63, 3.8) is 0 Å². The summed E-state index contributed by atoms with van der Waals surface area (Å²) in [6.07, 6.45) is 5.44. The fourth-order valence-corrected chi connectivity index (χ4v) is 1.75. The monoisotopic (exact) mass is 176 g/mol. The van der Waals surface area contributed by atoms with Gasteiger partial charge in [0, 0.05) is 6.26 Å². The molecular formula is C7H9FO2S. The largest absolute Gasteiger partial charge is 0.229 e.